The Bertz CT molecular complexity index is 402. The third kappa shape index (κ3) is 8.58. The lowest BCUT2D eigenvalue weighted by atomic mass is 9.95. The zero-order chi connectivity index (χ0) is 17.3. The summed E-state index contributed by atoms with van der Waals surface area (Å²) in [5.41, 5.74) is 0. The molecular weight excluding hydrogens is 327 g/mol. The van der Waals surface area contributed by atoms with Gasteiger partial charge in [-0.25, -0.2) is 0 Å². The van der Waals surface area contributed by atoms with Gasteiger partial charge in [-0.3, -0.25) is 9.20 Å². The fourth-order valence-corrected chi connectivity index (χ4v) is 4.14. The lowest BCUT2D eigenvalue weighted by molar-refractivity contribution is -0.135. The van der Waals surface area contributed by atoms with E-state index < -0.39 is 23.4 Å². The van der Waals surface area contributed by atoms with Crippen LogP contribution in [0.15, 0.2) is 4.99 Å². The summed E-state index contributed by atoms with van der Waals surface area (Å²) in [5.74, 6) is 1.30. The van der Waals surface area contributed by atoms with Gasteiger partial charge >= 0.3 is 6.18 Å². The number of unbranched alkanes of at least 4 members (excludes halogenated alkanes) is 1. The highest BCUT2D eigenvalue weighted by atomic mass is 32.2. The van der Waals surface area contributed by atoms with E-state index in [9.17, 15) is 17.4 Å². The number of hydrogen-bond donors (Lipinski definition) is 2. The molecule has 0 aromatic heterocycles. The third-order valence-corrected chi connectivity index (χ3v) is 5.77. The van der Waals surface area contributed by atoms with E-state index in [4.69, 9.17) is 0 Å². The molecule has 1 saturated carbocycles. The largest absolute Gasteiger partial charge is 0.389 e. The molecule has 23 heavy (non-hydrogen) atoms. The topological polar surface area (TPSA) is 53.5 Å². The van der Waals surface area contributed by atoms with E-state index in [2.05, 4.69) is 15.6 Å². The van der Waals surface area contributed by atoms with Crippen LogP contribution in [0.5, 0.6) is 0 Å². The van der Waals surface area contributed by atoms with Crippen molar-refractivity contribution in [3.8, 4) is 0 Å². The highest BCUT2D eigenvalue weighted by Gasteiger charge is 2.27. The molecule has 0 aromatic rings. The zero-order valence-corrected chi connectivity index (χ0v) is 14.7. The molecule has 2 N–H and O–H groups in total. The normalized spacial score (nSPS) is 24.3. The number of aliphatic imine (C=N–C) groups is 1. The minimum atomic E-state index is -4.08. The Kier molecular flexibility index (Phi) is 8.94. The molecule has 8 heteroatoms. The van der Waals surface area contributed by atoms with E-state index in [-0.39, 0.29) is 17.7 Å². The predicted octanol–water partition coefficient (Wildman–Crippen LogP) is 2.96. The Hall–Kier alpha value is -0.790. The Morgan fingerprint density at radius 1 is 1.30 bits per heavy atom. The predicted molar refractivity (Wildman–Crippen MR) is 89.1 cm³/mol. The monoisotopic (exact) mass is 355 g/mol. The first-order valence-electron chi connectivity index (χ1n) is 8.26. The first-order valence-corrected chi connectivity index (χ1v) is 9.65. The first kappa shape index (κ1) is 20.3. The van der Waals surface area contributed by atoms with Gasteiger partial charge in [-0.2, -0.15) is 13.2 Å². The van der Waals surface area contributed by atoms with Gasteiger partial charge in [-0.05, 0) is 32.1 Å². The van der Waals surface area contributed by atoms with Gasteiger partial charge in [-0.1, -0.05) is 13.3 Å². The molecule has 0 aliphatic heterocycles. The number of alkyl halides is 3. The van der Waals surface area contributed by atoms with Gasteiger partial charge in [0.2, 0.25) is 0 Å². The minimum absolute atomic E-state index is 0.120. The van der Waals surface area contributed by atoms with Crippen LogP contribution in [0.3, 0.4) is 0 Å². The third-order valence-electron chi connectivity index (χ3n) is 4.03. The SMILES string of the molecule is CCS(=O)C1CCCC(NC(=NC)NCCCCC(F)(F)F)C1. The van der Waals surface area contributed by atoms with Crippen LogP contribution >= 0.6 is 0 Å². The molecule has 1 rings (SSSR count). The summed E-state index contributed by atoms with van der Waals surface area (Å²) >= 11 is 0. The maximum Gasteiger partial charge on any atom is 0.389 e. The molecule has 1 aliphatic rings. The van der Waals surface area contributed by atoms with Crippen molar-refractivity contribution in [1.29, 1.82) is 0 Å². The van der Waals surface area contributed by atoms with Crippen molar-refractivity contribution in [1.82, 2.24) is 10.6 Å². The summed E-state index contributed by atoms with van der Waals surface area (Å²) in [6.07, 6.45) is -0.345. The number of nitrogens with one attached hydrogen (secondary N) is 2. The van der Waals surface area contributed by atoms with Gasteiger partial charge in [0.1, 0.15) is 0 Å². The molecule has 0 bridgehead atoms. The van der Waals surface area contributed by atoms with E-state index in [0.29, 0.717) is 24.7 Å². The molecular formula is C15H28F3N3OS. The van der Waals surface area contributed by atoms with Crippen LogP contribution < -0.4 is 10.6 Å². The second-order valence-electron chi connectivity index (χ2n) is 5.87. The standard InChI is InChI=1S/C15H28F3N3OS/c1-3-23(22)13-8-6-7-12(11-13)21-14(19-2)20-10-5-4-9-15(16,17)18/h12-13H,3-11H2,1-2H3,(H2,19,20,21). The molecule has 0 aromatic carbocycles. The van der Waals surface area contributed by atoms with Crippen LogP contribution in [0.1, 0.15) is 51.9 Å². The number of nitrogens with zero attached hydrogens (tertiary/aromatic N) is 1. The molecule has 0 amide bonds. The van der Waals surface area contributed by atoms with Crippen molar-refractivity contribution in [2.45, 2.75) is 69.3 Å². The van der Waals surface area contributed by atoms with Crippen LogP contribution in [-0.4, -0.2) is 47.0 Å². The molecule has 3 atom stereocenters. The maximum atomic E-state index is 12.1. The van der Waals surface area contributed by atoms with Gasteiger partial charge in [0, 0.05) is 47.9 Å². The van der Waals surface area contributed by atoms with E-state index in [1.807, 2.05) is 6.92 Å². The van der Waals surface area contributed by atoms with Crippen LogP contribution in [0.25, 0.3) is 0 Å². The van der Waals surface area contributed by atoms with Crippen LogP contribution in [0.2, 0.25) is 0 Å². The molecule has 136 valence electrons. The smallest absolute Gasteiger partial charge is 0.356 e. The molecule has 0 heterocycles. The first-order chi connectivity index (χ1) is 10.9. The van der Waals surface area contributed by atoms with Gasteiger partial charge < -0.3 is 10.6 Å². The Morgan fingerprint density at radius 3 is 2.65 bits per heavy atom. The van der Waals surface area contributed by atoms with Crippen LogP contribution in [0.4, 0.5) is 13.2 Å². The number of guanidine groups is 1. The van der Waals surface area contributed by atoms with E-state index in [0.717, 1.165) is 25.7 Å². The molecule has 4 nitrogen and oxygen atoms in total. The number of rotatable bonds is 7. The van der Waals surface area contributed by atoms with E-state index in [1.54, 1.807) is 7.05 Å². The molecule has 3 unspecified atom stereocenters. The fourth-order valence-electron chi connectivity index (χ4n) is 2.80. The van der Waals surface area contributed by atoms with Gasteiger partial charge in [0.15, 0.2) is 5.96 Å². The summed E-state index contributed by atoms with van der Waals surface area (Å²) in [7, 11) is 0.874. The second-order valence-corrected chi connectivity index (χ2v) is 7.88. The molecule has 1 fully saturated rings. The Morgan fingerprint density at radius 2 is 2.04 bits per heavy atom. The van der Waals surface area contributed by atoms with Crippen molar-refractivity contribution in [3.05, 3.63) is 0 Å². The lowest BCUT2D eigenvalue weighted by Gasteiger charge is -2.30. The van der Waals surface area contributed by atoms with Crippen molar-refractivity contribution in [3.63, 3.8) is 0 Å². The zero-order valence-electron chi connectivity index (χ0n) is 13.9. The highest BCUT2D eigenvalue weighted by Crippen LogP contribution is 2.23. The average molecular weight is 355 g/mol. The highest BCUT2D eigenvalue weighted by molar-refractivity contribution is 7.85. The lowest BCUT2D eigenvalue weighted by Crippen LogP contribution is -2.46. The summed E-state index contributed by atoms with van der Waals surface area (Å²) in [6.45, 7) is 2.40. The summed E-state index contributed by atoms with van der Waals surface area (Å²) in [6, 6.07) is 0.227. The van der Waals surface area contributed by atoms with E-state index >= 15 is 0 Å². The summed E-state index contributed by atoms with van der Waals surface area (Å²) < 4.78 is 48.1. The van der Waals surface area contributed by atoms with Crippen molar-refractivity contribution < 1.29 is 17.4 Å². The van der Waals surface area contributed by atoms with Gasteiger partial charge in [0.25, 0.3) is 0 Å². The van der Waals surface area contributed by atoms with Gasteiger partial charge in [-0.15, -0.1) is 0 Å². The molecule has 0 saturated heterocycles. The van der Waals surface area contributed by atoms with E-state index in [1.165, 1.54) is 0 Å². The van der Waals surface area contributed by atoms with Crippen molar-refractivity contribution >= 4 is 16.8 Å². The van der Waals surface area contributed by atoms with Crippen LogP contribution in [0, 0.1) is 0 Å². The Balaban J connectivity index is 2.29. The van der Waals surface area contributed by atoms with Crippen LogP contribution in [-0.2, 0) is 10.8 Å². The molecule has 0 radical (unpaired) electrons. The molecule has 0 spiro atoms. The quantitative estimate of drug-likeness (QED) is 0.419. The van der Waals surface area contributed by atoms with Crippen molar-refractivity contribution in [2.75, 3.05) is 19.3 Å². The number of hydrogen-bond acceptors (Lipinski definition) is 2. The second kappa shape index (κ2) is 10.2. The number of halogens is 3. The fraction of sp³-hybridized carbons (Fsp3) is 0.933. The van der Waals surface area contributed by atoms with Crippen molar-refractivity contribution in [2.24, 2.45) is 4.99 Å². The Labute approximate surface area is 139 Å². The van der Waals surface area contributed by atoms with Gasteiger partial charge in [0.05, 0.1) is 0 Å². The average Bonchev–Trinajstić information content (AvgIpc) is 2.51. The minimum Gasteiger partial charge on any atom is -0.356 e. The molecule has 1 aliphatic carbocycles. The summed E-state index contributed by atoms with van der Waals surface area (Å²) in [5, 5.41) is 6.59. The summed E-state index contributed by atoms with van der Waals surface area (Å²) in [4.78, 5) is 4.11. The maximum absolute atomic E-state index is 12.1.